The van der Waals surface area contributed by atoms with Crippen molar-refractivity contribution in [2.45, 2.75) is 38.6 Å². The molecule has 1 fully saturated rings. The quantitative estimate of drug-likeness (QED) is 0.827. The van der Waals surface area contributed by atoms with Crippen molar-refractivity contribution in [3.63, 3.8) is 0 Å². The van der Waals surface area contributed by atoms with Gasteiger partial charge < -0.3 is 14.8 Å². The molecule has 2 aliphatic heterocycles. The van der Waals surface area contributed by atoms with E-state index in [0.717, 1.165) is 37.7 Å². The van der Waals surface area contributed by atoms with Gasteiger partial charge in [0.15, 0.2) is 11.5 Å². The smallest absolute Gasteiger partial charge is 0.161 e. The highest BCUT2D eigenvalue weighted by molar-refractivity contribution is 5.49. The van der Waals surface area contributed by atoms with Gasteiger partial charge in [0, 0.05) is 12.0 Å². The SMILES string of the molecule is Cc1cc2c(cc1C1(C)CCCN1)OCCCO2. The number of nitrogens with one attached hydrogen (secondary N) is 1. The van der Waals surface area contributed by atoms with Crippen LogP contribution in [-0.2, 0) is 5.54 Å². The zero-order valence-corrected chi connectivity index (χ0v) is 11.2. The minimum atomic E-state index is 0.0920. The van der Waals surface area contributed by atoms with E-state index in [2.05, 4.69) is 31.3 Å². The molecule has 2 aliphatic rings. The molecular formula is C15H21NO2. The first-order valence-corrected chi connectivity index (χ1v) is 6.85. The summed E-state index contributed by atoms with van der Waals surface area (Å²) in [5, 5.41) is 3.62. The molecule has 3 rings (SSSR count). The van der Waals surface area contributed by atoms with E-state index in [-0.39, 0.29) is 5.54 Å². The summed E-state index contributed by atoms with van der Waals surface area (Å²) in [5.41, 5.74) is 2.73. The van der Waals surface area contributed by atoms with E-state index >= 15 is 0 Å². The predicted molar refractivity (Wildman–Crippen MR) is 71.4 cm³/mol. The maximum Gasteiger partial charge on any atom is 0.161 e. The Hall–Kier alpha value is -1.22. The Morgan fingerprint density at radius 3 is 2.50 bits per heavy atom. The molecule has 3 nitrogen and oxygen atoms in total. The number of ether oxygens (including phenoxy) is 2. The van der Waals surface area contributed by atoms with E-state index in [1.807, 2.05) is 0 Å². The standard InChI is InChI=1S/C15H21NO2/c1-11-9-13-14(18-8-4-7-17-13)10-12(11)15(2)5-3-6-16-15/h9-10,16H,3-8H2,1-2H3. The second-order valence-corrected chi connectivity index (χ2v) is 5.53. The van der Waals surface area contributed by atoms with Crippen molar-refractivity contribution in [2.75, 3.05) is 19.8 Å². The number of aryl methyl sites for hydroxylation is 1. The van der Waals surface area contributed by atoms with Gasteiger partial charge in [-0.3, -0.25) is 0 Å². The maximum atomic E-state index is 5.80. The van der Waals surface area contributed by atoms with Gasteiger partial charge in [0.05, 0.1) is 13.2 Å². The lowest BCUT2D eigenvalue weighted by Gasteiger charge is -2.28. The number of benzene rings is 1. The van der Waals surface area contributed by atoms with E-state index in [0.29, 0.717) is 0 Å². The van der Waals surface area contributed by atoms with Crippen LogP contribution in [-0.4, -0.2) is 19.8 Å². The molecule has 1 atom stereocenters. The van der Waals surface area contributed by atoms with Crippen LogP contribution in [0.25, 0.3) is 0 Å². The highest BCUT2D eigenvalue weighted by Gasteiger charge is 2.32. The Morgan fingerprint density at radius 1 is 1.11 bits per heavy atom. The molecule has 1 aromatic rings. The van der Waals surface area contributed by atoms with Crippen LogP contribution in [0.15, 0.2) is 12.1 Å². The van der Waals surface area contributed by atoms with Gasteiger partial charge in [-0.25, -0.2) is 0 Å². The Balaban J connectivity index is 2.02. The topological polar surface area (TPSA) is 30.5 Å². The third kappa shape index (κ3) is 1.97. The molecule has 1 saturated heterocycles. The van der Waals surface area contributed by atoms with Crippen LogP contribution in [0.3, 0.4) is 0 Å². The predicted octanol–water partition coefficient (Wildman–Crippen LogP) is 2.75. The average molecular weight is 247 g/mol. The molecule has 98 valence electrons. The van der Waals surface area contributed by atoms with Crippen molar-refractivity contribution in [2.24, 2.45) is 0 Å². The fourth-order valence-corrected chi connectivity index (χ4v) is 3.03. The highest BCUT2D eigenvalue weighted by Crippen LogP contribution is 2.39. The van der Waals surface area contributed by atoms with Crippen LogP contribution in [0, 0.1) is 6.92 Å². The third-order valence-electron chi connectivity index (χ3n) is 4.06. The number of hydrogen-bond donors (Lipinski definition) is 1. The zero-order chi connectivity index (χ0) is 12.6. The molecule has 3 heteroatoms. The largest absolute Gasteiger partial charge is 0.490 e. The molecule has 2 heterocycles. The van der Waals surface area contributed by atoms with Crippen molar-refractivity contribution >= 4 is 0 Å². The zero-order valence-electron chi connectivity index (χ0n) is 11.2. The first-order valence-electron chi connectivity index (χ1n) is 6.85. The molecule has 0 saturated carbocycles. The van der Waals surface area contributed by atoms with Crippen LogP contribution in [0.1, 0.15) is 37.3 Å². The summed E-state index contributed by atoms with van der Waals surface area (Å²) < 4.78 is 11.5. The summed E-state index contributed by atoms with van der Waals surface area (Å²) >= 11 is 0. The van der Waals surface area contributed by atoms with Crippen molar-refractivity contribution < 1.29 is 9.47 Å². The van der Waals surface area contributed by atoms with Crippen LogP contribution in [0.2, 0.25) is 0 Å². The van der Waals surface area contributed by atoms with Crippen LogP contribution in [0.4, 0.5) is 0 Å². The highest BCUT2D eigenvalue weighted by atomic mass is 16.5. The van der Waals surface area contributed by atoms with Gasteiger partial charge in [-0.15, -0.1) is 0 Å². The Kier molecular flexibility index (Phi) is 2.94. The molecule has 0 radical (unpaired) electrons. The summed E-state index contributed by atoms with van der Waals surface area (Å²) in [6.45, 7) is 7.05. The molecule has 1 unspecified atom stereocenters. The lowest BCUT2D eigenvalue weighted by Crippen LogP contribution is -2.33. The Bertz CT molecular complexity index is 450. The molecule has 0 amide bonds. The molecular weight excluding hydrogens is 226 g/mol. The van der Waals surface area contributed by atoms with E-state index in [9.17, 15) is 0 Å². The normalized spacial score (nSPS) is 27.0. The van der Waals surface area contributed by atoms with Crippen molar-refractivity contribution in [3.05, 3.63) is 23.3 Å². The number of fused-ring (bicyclic) bond motifs is 1. The summed E-state index contributed by atoms with van der Waals surface area (Å²) in [4.78, 5) is 0. The summed E-state index contributed by atoms with van der Waals surface area (Å²) in [6, 6.07) is 4.30. The second-order valence-electron chi connectivity index (χ2n) is 5.53. The van der Waals surface area contributed by atoms with Gasteiger partial charge in [0.1, 0.15) is 0 Å². The second kappa shape index (κ2) is 4.47. The van der Waals surface area contributed by atoms with Crippen molar-refractivity contribution in [1.82, 2.24) is 5.32 Å². The van der Waals surface area contributed by atoms with Gasteiger partial charge >= 0.3 is 0 Å². The Morgan fingerprint density at radius 2 is 1.83 bits per heavy atom. The van der Waals surface area contributed by atoms with E-state index in [1.165, 1.54) is 24.0 Å². The molecule has 1 N–H and O–H groups in total. The van der Waals surface area contributed by atoms with E-state index in [1.54, 1.807) is 0 Å². The fourth-order valence-electron chi connectivity index (χ4n) is 3.03. The summed E-state index contributed by atoms with van der Waals surface area (Å²) in [5.74, 6) is 1.80. The third-order valence-corrected chi connectivity index (χ3v) is 4.06. The number of hydrogen-bond acceptors (Lipinski definition) is 3. The molecule has 18 heavy (non-hydrogen) atoms. The molecule has 0 bridgehead atoms. The van der Waals surface area contributed by atoms with Crippen LogP contribution in [0.5, 0.6) is 11.5 Å². The monoisotopic (exact) mass is 247 g/mol. The summed E-state index contributed by atoms with van der Waals surface area (Å²) in [7, 11) is 0. The minimum absolute atomic E-state index is 0.0920. The lowest BCUT2D eigenvalue weighted by atomic mass is 9.87. The molecule has 0 spiro atoms. The minimum Gasteiger partial charge on any atom is -0.490 e. The van der Waals surface area contributed by atoms with Crippen LogP contribution < -0.4 is 14.8 Å². The maximum absolute atomic E-state index is 5.80. The van der Waals surface area contributed by atoms with Gasteiger partial charge in [-0.1, -0.05) is 0 Å². The lowest BCUT2D eigenvalue weighted by molar-refractivity contribution is 0.296. The Labute approximate surface area is 108 Å². The van der Waals surface area contributed by atoms with Crippen molar-refractivity contribution in [1.29, 1.82) is 0 Å². The van der Waals surface area contributed by atoms with E-state index < -0.39 is 0 Å². The molecule has 0 aliphatic carbocycles. The van der Waals surface area contributed by atoms with Gasteiger partial charge in [0.2, 0.25) is 0 Å². The van der Waals surface area contributed by atoms with Gasteiger partial charge in [-0.2, -0.15) is 0 Å². The molecule has 1 aromatic carbocycles. The average Bonchev–Trinajstić information content (AvgIpc) is 2.66. The van der Waals surface area contributed by atoms with Gasteiger partial charge in [-0.05, 0) is 56.5 Å². The first kappa shape index (κ1) is 11.8. The first-order chi connectivity index (χ1) is 8.69. The van der Waals surface area contributed by atoms with E-state index in [4.69, 9.17) is 9.47 Å². The fraction of sp³-hybridized carbons (Fsp3) is 0.600. The van der Waals surface area contributed by atoms with Crippen molar-refractivity contribution in [3.8, 4) is 11.5 Å². The van der Waals surface area contributed by atoms with Crippen LogP contribution >= 0.6 is 0 Å². The molecule has 0 aromatic heterocycles. The van der Waals surface area contributed by atoms with Gasteiger partial charge in [0.25, 0.3) is 0 Å². The number of rotatable bonds is 1. The summed E-state index contributed by atoms with van der Waals surface area (Å²) in [6.07, 6.45) is 3.39.